The normalized spacial score (nSPS) is 16.8. The van der Waals surface area contributed by atoms with E-state index >= 15 is 0 Å². The van der Waals surface area contributed by atoms with Gasteiger partial charge in [0.2, 0.25) is 0 Å². The van der Waals surface area contributed by atoms with Crippen molar-refractivity contribution in [3.63, 3.8) is 0 Å². The Morgan fingerprint density at radius 3 is 2.53 bits per heavy atom. The van der Waals surface area contributed by atoms with Crippen LogP contribution >= 0.6 is 0 Å². The molecule has 1 aromatic rings. The van der Waals surface area contributed by atoms with E-state index in [-0.39, 0.29) is 5.41 Å². The van der Waals surface area contributed by atoms with E-state index in [1.165, 1.54) is 0 Å². The summed E-state index contributed by atoms with van der Waals surface area (Å²) >= 11 is 0. The van der Waals surface area contributed by atoms with Crippen molar-refractivity contribution >= 4 is 0 Å². The molecular formula is C14H17NO2. The van der Waals surface area contributed by atoms with Gasteiger partial charge in [-0.25, -0.2) is 0 Å². The molecule has 3 heteroatoms. The van der Waals surface area contributed by atoms with Crippen molar-refractivity contribution in [3.8, 4) is 17.6 Å². The largest absolute Gasteiger partial charge is 0.497 e. The third-order valence-corrected chi connectivity index (χ3v) is 3.56. The third kappa shape index (κ3) is 2.21. The van der Waals surface area contributed by atoms with Crippen LogP contribution in [-0.2, 0) is 6.42 Å². The number of nitriles is 1. The number of ether oxygens (including phenoxy) is 2. The highest BCUT2D eigenvalue weighted by atomic mass is 16.5. The lowest BCUT2D eigenvalue weighted by Crippen LogP contribution is -2.30. The van der Waals surface area contributed by atoms with Crippen molar-refractivity contribution in [3.05, 3.63) is 23.8 Å². The Labute approximate surface area is 102 Å². The monoisotopic (exact) mass is 231 g/mol. The van der Waals surface area contributed by atoms with Gasteiger partial charge in [-0.3, -0.25) is 0 Å². The zero-order valence-corrected chi connectivity index (χ0v) is 10.3. The lowest BCUT2D eigenvalue weighted by atomic mass is 9.66. The molecule has 90 valence electrons. The molecule has 0 aliphatic heterocycles. The van der Waals surface area contributed by atoms with Crippen molar-refractivity contribution in [2.24, 2.45) is 5.41 Å². The van der Waals surface area contributed by atoms with E-state index in [2.05, 4.69) is 6.07 Å². The molecule has 1 saturated carbocycles. The molecule has 0 N–H and O–H groups in total. The summed E-state index contributed by atoms with van der Waals surface area (Å²) in [4.78, 5) is 0. The Kier molecular flexibility index (Phi) is 3.23. The summed E-state index contributed by atoms with van der Waals surface area (Å²) in [5, 5.41) is 9.27. The Bertz CT molecular complexity index is 444. The quantitative estimate of drug-likeness (QED) is 0.800. The van der Waals surface area contributed by atoms with E-state index in [4.69, 9.17) is 9.47 Å². The maximum atomic E-state index is 9.27. The van der Waals surface area contributed by atoms with Crippen molar-refractivity contribution in [2.45, 2.75) is 25.7 Å². The van der Waals surface area contributed by atoms with Crippen molar-refractivity contribution in [1.82, 2.24) is 0 Å². The van der Waals surface area contributed by atoms with Gasteiger partial charge in [-0.1, -0.05) is 6.42 Å². The molecule has 1 aliphatic rings. The Morgan fingerprint density at radius 1 is 1.29 bits per heavy atom. The molecule has 0 unspecified atom stereocenters. The van der Waals surface area contributed by atoms with Crippen LogP contribution in [0.15, 0.2) is 18.2 Å². The number of hydrogen-bond donors (Lipinski definition) is 0. The maximum absolute atomic E-state index is 9.27. The molecule has 0 spiro atoms. The fourth-order valence-corrected chi connectivity index (χ4v) is 2.32. The van der Waals surface area contributed by atoms with Crippen LogP contribution in [0.3, 0.4) is 0 Å². The minimum Gasteiger partial charge on any atom is -0.497 e. The van der Waals surface area contributed by atoms with Gasteiger partial charge in [-0.15, -0.1) is 0 Å². The minimum absolute atomic E-state index is 0.181. The molecule has 0 amide bonds. The summed E-state index contributed by atoms with van der Waals surface area (Å²) < 4.78 is 10.6. The van der Waals surface area contributed by atoms with Crippen LogP contribution in [0.1, 0.15) is 24.8 Å². The van der Waals surface area contributed by atoms with E-state index in [1.54, 1.807) is 14.2 Å². The lowest BCUT2D eigenvalue weighted by molar-refractivity contribution is 0.211. The van der Waals surface area contributed by atoms with E-state index in [1.807, 2.05) is 18.2 Å². The van der Waals surface area contributed by atoms with Gasteiger partial charge in [0.15, 0.2) is 0 Å². The first kappa shape index (κ1) is 11.8. The minimum atomic E-state index is -0.181. The van der Waals surface area contributed by atoms with Crippen LogP contribution in [0.4, 0.5) is 0 Å². The predicted molar refractivity (Wildman–Crippen MR) is 65.1 cm³/mol. The Hall–Kier alpha value is -1.69. The van der Waals surface area contributed by atoms with Crippen LogP contribution in [0.2, 0.25) is 0 Å². The second kappa shape index (κ2) is 4.67. The van der Waals surface area contributed by atoms with Crippen LogP contribution in [-0.4, -0.2) is 14.2 Å². The second-order valence-electron chi connectivity index (χ2n) is 4.60. The van der Waals surface area contributed by atoms with Crippen molar-refractivity contribution in [1.29, 1.82) is 5.26 Å². The third-order valence-electron chi connectivity index (χ3n) is 3.56. The second-order valence-corrected chi connectivity index (χ2v) is 4.60. The molecule has 0 radical (unpaired) electrons. The Morgan fingerprint density at radius 2 is 2.06 bits per heavy atom. The van der Waals surface area contributed by atoms with Gasteiger partial charge in [-0.05, 0) is 43.0 Å². The molecule has 0 atom stereocenters. The summed E-state index contributed by atoms with van der Waals surface area (Å²) in [6.07, 6.45) is 3.89. The number of methoxy groups -OCH3 is 2. The zero-order valence-electron chi connectivity index (χ0n) is 10.3. The molecule has 1 aliphatic carbocycles. The molecule has 0 heterocycles. The first-order chi connectivity index (χ1) is 8.23. The highest BCUT2D eigenvalue weighted by molar-refractivity contribution is 5.41. The first-order valence-electron chi connectivity index (χ1n) is 5.85. The fraction of sp³-hybridized carbons (Fsp3) is 0.500. The molecule has 0 saturated heterocycles. The molecule has 0 bridgehead atoms. The van der Waals surface area contributed by atoms with Gasteiger partial charge in [0, 0.05) is 0 Å². The molecule has 1 fully saturated rings. The van der Waals surface area contributed by atoms with E-state index in [0.29, 0.717) is 0 Å². The van der Waals surface area contributed by atoms with E-state index in [9.17, 15) is 5.26 Å². The van der Waals surface area contributed by atoms with E-state index in [0.717, 1.165) is 42.7 Å². The number of rotatable bonds is 4. The number of hydrogen-bond acceptors (Lipinski definition) is 3. The summed E-state index contributed by atoms with van der Waals surface area (Å²) in [6, 6.07) is 8.20. The Balaban J connectivity index is 2.27. The highest BCUT2D eigenvalue weighted by Gasteiger charge is 2.37. The highest BCUT2D eigenvalue weighted by Crippen LogP contribution is 2.44. The number of benzene rings is 1. The fourth-order valence-electron chi connectivity index (χ4n) is 2.32. The van der Waals surface area contributed by atoms with Gasteiger partial charge in [0.1, 0.15) is 11.5 Å². The smallest absolute Gasteiger partial charge is 0.122 e. The van der Waals surface area contributed by atoms with Gasteiger partial charge in [-0.2, -0.15) is 5.26 Å². The van der Waals surface area contributed by atoms with Crippen LogP contribution in [0, 0.1) is 16.7 Å². The standard InChI is InChI=1S/C14H17NO2/c1-16-12-4-5-13(17-2)11(8-12)9-14(10-15)6-3-7-14/h4-5,8H,3,6-7,9H2,1-2H3. The molecular weight excluding hydrogens is 214 g/mol. The van der Waals surface area contributed by atoms with Crippen LogP contribution in [0.25, 0.3) is 0 Å². The van der Waals surface area contributed by atoms with Gasteiger partial charge >= 0.3 is 0 Å². The van der Waals surface area contributed by atoms with Crippen molar-refractivity contribution < 1.29 is 9.47 Å². The molecule has 0 aromatic heterocycles. The van der Waals surface area contributed by atoms with Crippen molar-refractivity contribution in [2.75, 3.05) is 14.2 Å². The average Bonchev–Trinajstić information content (AvgIpc) is 2.33. The summed E-state index contributed by atoms with van der Waals surface area (Å²) in [5.41, 5.74) is 0.882. The summed E-state index contributed by atoms with van der Waals surface area (Å²) in [6.45, 7) is 0. The number of nitrogens with zero attached hydrogens (tertiary/aromatic N) is 1. The topological polar surface area (TPSA) is 42.2 Å². The molecule has 2 rings (SSSR count). The predicted octanol–water partition coefficient (Wildman–Crippen LogP) is 2.94. The van der Waals surface area contributed by atoms with Gasteiger partial charge in [0.25, 0.3) is 0 Å². The average molecular weight is 231 g/mol. The summed E-state index contributed by atoms with van der Waals surface area (Å²) in [7, 11) is 3.31. The first-order valence-corrected chi connectivity index (χ1v) is 5.85. The van der Waals surface area contributed by atoms with Crippen LogP contribution in [0.5, 0.6) is 11.5 Å². The SMILES string of the molecule is COc1ccc(OC)c(CC2(C#N)CCC2)c1. The van der Waals surface area contributed by atoms with E-state index < -0.39 is 0 Å². The van der Waals surface area contributed by atoms with Gasteiger partial charge in [0.05, 0.1) is 25.7 Å². The van der Waals surface area contributed by atoms with Gasteiger partial charge < -0.3 is 9.47 Å². The molecule has 1 aromatic carbocycles. The zero-order chi connectivity index (χ0) is 12.3. The summed E-state index contributed by atoms with van der Waals surface area (Å²) in [5.74, 6) is 1.65. The van der Waals surface area contributed by atoms with Crippen LogP contribution < -0.4 is 9.47 Å². The maximum Gasteiger partial charge on any atom is 0.122 e. The molecule has 3 nitrogen and oxygen atoms in total. The lowest BCUT2D eigenvalue weighted by Gasteiger charge is -2.35. The molecule has 17 heavy (non-hydrogen) atoms.